The number of rotatable bonds is 7. The van der Waals surface area contributed by atoms with Crippen LogP contribution in [0.5, 0.6) is 5.75 Å². The van der Waals surface area contributed by atoms with Gasteiger partial charge in [-0.05, 0) is 12.1 Å². The Kier molecular flexibility index (Phi) is 8.41. The highest BCUT2D eigenvalue weighted by atomic mass is 16.6. The molecule has 24 heavy (non-hydrogen) atoms. The molecular weight excluding hydrogens is 314 g/mol. The second-order valence-electron chi connectivity index (χ2n) is 4.55. The van der Waals surface area contributed by atoms with E-state index in [4.69, 9.17) is 9.84 Å². The van der Waals surface area contributed by atoms with Gasteiger partial charge < -0.3 is 9.84 Å². The van der Waals surface area contributed by atoms with Crippen molar-refractivity contribution in [1.82, 2.24) is 0 Å². The molecule has 0 heterocycles. The zero-order valence-corrected chi connectivity index (χ0v) is 12.8. The molecule has 0 saturated carbocycles. The van der Waals surface area contributed by atoms with Crippen LogP contribution in [0.25, 0.3) is 0 Å². The van der Waals surface area contributed by atoms with Crippen LogP contribution in [0, 0.1) is 10.1 Å². The van der Waals surface area contributed by atoms with Crippen molar-refractivity contribution in [3.8, 4) is 5.75 Å². The number of nitrogens with zero attached hydrogens (tertiary/aromatic N) is 1. The molecule has 0 saturated heterocycles. The number of benzene rings is 2. The average Bonchev–Trinajstić information content (AvgIpc) is 2.62. The van der Waals surface area contributed by atoms with Gasteiger partial charge in [0.05, 0.1) is 17.1 Å². The van der Waals surface area contributed by atoms with E-state index in [1.165, 1.54) is 18.2 Å². The number of aliphatic hydroxyl groups excluding tert-OH is 1. The van der Waals surface area contributed by atoms with Gasteiger partial charge in [-0.3, -0.25) is 19.7 Å². The third-order valence-electron chi connectivity index (χ3n) is 2.83. The Morgan fingerprint density at radius 2 is 1.79 bits per heavy atom. The van der Waals surface area contributed by atoms with Crippen LogP contribution < -0.4 is 4.74 Å². The van der Waals surface area contributed by atoms with Gasteiger partial charge >= 0.3 is 0 Å². The maximum Gasteiger partial charge on any atom is 0.280 e. The molecule has 0 atom stereocenters. The minimum atomic E-state index is -0.624. The molecule has 0 spiro atoms. The van der Waals surface area contributed by atoms with Gasteiger partial charge in [-0.25, -0.2) is 0 Å². The van der Waals surface area contributed by atoms with Crippen molar-refractivity contribution in [3.05, 3.63) is 69.8 Å². The van der Waals surface area contributed by atoms with E-state index in [1.54, 1.807) is 12.1 Å². The minimum absolute atomic E-state index is 0.00746. The molecule has 0 fully saturated rings. The molecule has 0 aliphatic heterocycles. The number of aldehydes is 2. The van der Waals surface area contributed by atoms with Gasteiger partial charge in [0, 0.05) is 24.7 Å². The Hall–Kier alpha value is -3.06. The van der Waals surface area contributed by atoms with Crippen LogP contribution >= 0.6 is 0 Å². The second kappa shape index (κ2) is 10.6. The number of ether oxygens (including phenoxy) is 1. The van der Waals surface area contributed by atoms with Crippen molar-refractivity contribution in [3.63, 3.8) is 0 Å². The summed E-state index contributed by atoms with van der Waals surface area (Å²) in [5.41, 5.74) is 0.462. The molecule has 2 aromatic rings. The van der Waals surface area contributed by atoms with Crippen molar-refractivity contribution in [2.24, 2.45) is 0 Å². The molecule has 1 N–H and O–H groups in total. The van der Waals surface area contributed by atoms with Crippen LogP contribution in [0.1, 0.15) is 27.1 Å². The highest BCUT2D eigenvalue weighted by Crippen LogP contribution is 2.22. The van der Waals surface area contributed by atoms with Crippen LogP contribution in [-0.4, -0.2) is 35.8 Å². The molecule has 0 unspecified atom stereocenters. The summed E-state index contributed by atoms with van der Waals surface area (Å²) in [5, 5.41) is 19.1. The number of nitro benzene ring substituents is 1. The molecule has 0 radical (unpaired) electrons. The van der Waals surface area contributed by atoms with Crippen LogP contribution in [0.4, 0.5) is 5.69 Å². The molecule has 0 aliphatic carbocycles. The Bertz CT molecular complexity index is 672. The summed E-state index contributed by atoms with van der Waals surface area (Å²) in [6.07, 6.45) is 1.71. The summed E-state index contributed by atoms with van der Waals surface area (Å²) in [7, 11) is 0. The van der Waals surface area contributed by atoms with Gasteiger partial charge in [-0.1, -0.05) is 30.3 Å². The van der Waals surface area contributed by atoms with Gasteiger partial charge in [0.15, 0.2) is 6.29 Å². The van der Waals surface area contributed by atoms with Crippen LogP contribution in [0.2, 0.25) is 0 Å². The molecule has 7 nitrogen and oxygen atoms in total. The largest absolute Gasteiger partial charge is 0.493 e. The molecule has 2 aromatic carbocycles. The standard InChI is InChI=1S/C10H11NO5.C7H6O/c12-4-1-5-16-9-2-3-10(11(14)15)8(6-9)7-13;8-6-7-4-2-1-3-5-7/h2-3,6-7,12H,1,4-5H2;1-6H. The summed E-state index contributed by atoms with van der Waals surface area (Å²) in [4.78, 5) is 30.5. The van der Waals surface area contributed by atoms with Crippen molar-refractivity contribution < 1.29 is 24.4 Å². The van der Waals surface area contributed by atoms with Crippen LogP contribution in [-0.2, 0) is 0 Å². The maximum atomic E-state index is 10.6. The number of carbonyl (C=O) groups excluding carboxylic acids is 2. The number of hydrogen-bond donors (Lipinski definition) is 1. The first-order valence-electron chi connectivity index (χ1n) is 7.10. The van der Waals surface area contributed by atoms with E-state index in [0.29, 0.717) is 25.1 Å². The van der Waals surface area contributed by atoms with Crippen molar-refractivity contribution >= 4 is 18.3 Å². The van der Waals surface area contributed by atoms with Gasteiger partial charge in [0.2, 0.25) is 0 Å². The third-order valence-corrected chi connectivity index (χ3v) is 2.83. The zero-order valence-electron chi connectivity index (χ0n) is 12.8. The molecular formula is C17H17NO6. The first-order chi connectivity index (χ1) is 11.6. The summed E-state index contributed by atoms with van der Waals surface area (Å²) >= 11 is 0. The van der Waals surface area contributed by atoms with Crippen molar-refractivity contribution in [1.29, 1.82) is 0 Å². The number of aliphatic hydroxyl groups is 1. The SMILES string of the molecule is O=Cc1cc(OCCCO)ccc1[N+](=O)[O-].O=Cc1ccccc1. The van der Waals surface area contributed by atoms with E-state index >= 15 is 0 Å². The number of hydrogen-bond acceptors (Lipinski definition) is 6. The van der Waals surface area contributed by atoms with Gasteiger partial charge in [0.25, 0.3) is 5.69 Å². The van der Waals surface area contributed by atoms with Crippen molar-refractivity contribution in [2.75, 3.05) is 13.2 Å². The fourth-order valence-corrected chi connectivity index (χ4v) is 1.67. The minimum Gasteiger partial charge on any atom is -0.493 e. The molecule has 0 amide bonds. The molecule has 0 aromatic heterocycles. The zero-order chi connectivity index (χ0) is 17.8. The molecule has 7 heteroatoms. The Morgan fingerprint density at radius 1 is 1.08 bits per heavy atom. The quantitative estimate of drug-likeness (QED) is 0.362. The summed E-state index contributed by atoms with van der Waals surface area (Å²) in [5.74, 6) is 0.376. The summed E-state index contributed by atoms with van der Waals surface area (Å²) < 4.78 is 5.18. The number of nitro groups is 1. The van der Waals surface area contributed by atoms with Gasteiger partial charge in [0.1, 0.15) is 12.0 Å². The lowest BCUT2D eigenvalue weighted by molar-refractivity contribution is -0.385. The van der Waals surface area contributed by atoms with Crippen LogP contribution in [0.15, 0.2) is 48.5 Å². The lowest BCUT2D eigenvalue weighted by atomic mass is 10.2. The number of carbonyl (C=O) groups is 2. The van der Waals surface area contributed by atoms with Gasteiger partial charge in [-0.15, -0.1) is 0 Å². The van der Waals surface area contributed by atoms with Gasteiger partial charge in [-0.2, -0.15) is 0 Å². The van der Waals surface area contributed by atoms with Crippen molar-refractivity contribution in [2.45, 2.75) is 6.42 Å². The Balaban J connectivity index is 0.000000300. The van der Waals surface area contributed by atoms with Crippen LogP contribution in [0.3, 0.4) is 0 Å². The lowest BCUT2D eigenvalue weighted by Gasteiger charge is -2.05. The maximum absolute atomic E-state index is 10.6. The molecule has 126 valence electrons. The fourth-order valence-electron chi connectivity index (χ4n) is 1.67. The predicted octanol–water partition coefficient (Wildman–Crippen LogP) is 2.67. The predicted molar refractivity (Wildman–Crippen MR) is 87.5 cm³/mol. The summed E-state index contributed by atoms with van der Waals surface area (Å²) in [6.45, 7) is 0.306. The smallest absolute Gasteiger partial charge is 0.280 e. The average molecular weight is 331 g/mol. The second-order valence-corrected chi connectivity index (χ2v) is 4.55. The topological polar surface area (TPSA) is 107 Å². The monoisotopic (exact) mass is 331 g/mol. The first-order valence-corrected chi connectivity index (χ1v) is 7.10. The lowest BCUT2D eigenvalue weighted by Crippen LogP contribution is -2.01. The van der Waals surface area contributed by atoms with E-state index in [1.807, 2.05) is 18.2 Å². The normalized spacial score (nSPS) is 9.38. The van der Waals surface area contributed by atoms with E-state index in [0.717, 1.165) is 11.8 Å². The fraction of sp³-hybridized carbons (Fsp3) is 0.176. The van der Waals surface area contributed by atoms with E-state index in [2.05, 4.69) is 0 Å². The van der Waals surface area contributed by atoms with E-state index in [9.17, 15) is 19.7 Å². The molecule has 2 rings (SSSR count). The highest BCUT2D eigenvalue weighted by Gasteiger charge is 2.13. The highest BCUT2D eigenvalue weighted by molar-refractivity contribution is 5.82. The summed E-state index contributed by atoms with van der Waals surface area (Å²) in [6, 6.07) is 13.0. The first kappa shape index (κ1) is 19.0. The Morgan fingerprint density at radius 3 is 2.29 bits per heavy atom. The molecule has 0 aliphatic rings. The third kappa shape index (κ3) is 6.37. The molecule has 0 bridgehead atoms. The Labute approximate surface area is 138 Å². The van der Waals surface area contributed by atoms with E-state index < -0.39 is 4.92 Å². The van der Waals surface area contributed by atoms with E-state index in [-0.39, 0.29) is 17.9 Å².